The zero-order chi connectivity index (χ0) is 23.3. The van der Waals surface area contributed by atoms with E-state index in [9.17, 15) is 13.2 Å². The van der Waals surface area contributed by atoms with E-state index in [1.807, 2.05) is 49.4 Å². The number of nitrogens with zero attached hydrogens (tertiary/aromatic N) is 2. The molecule has 0 saturated carbocycles. The largest absolute Gasteiger partial charge is 0.326 e. The highest BCUT2D eigenvalue weighted by molar-refractivity contribution is 7.89. The van der Waals surface area contributed by atoms with Crippen LogP contribution in [0, 0.1) is 0 Å². The Bertz CT molecular complexity index is 1170. The van der Waals surface area contributed by atoms with Gasteiger partial charge in [-0.15, -0.1) is 0 Å². The van der Waals surface area contributed by atoms with Crippen LogP contribution in [0.2, 0.25) is 0 Å². The predicted molar refractivity (Wildman–Crippen MR) is 129 cm³/mol. The number of aromatic nitrogens is 1. The van der Waals surface area contributed by atoms with Gasteiger partial charge in [0, 0.05) is 24.6 Å². The minimum absolute atomic E-state index is 0.105. The lowest BCUT2D eigenvalue weighted by Crippen LogP contribution is -2.38. The normalized spacial score (nSPS) is 17.9. The van der Waals surface area contributed by atoms with Crippen LogP contribution in [0.15, 0.2) is 84.0 Å². The van der Waals surface area contributed by atoms with Crippen LogP contribution < -0.4 is 5.32 Å². The van der Waals surface area contributed by atoms with Crippen molar-refractivity contribution in [1.82, 2.24) is 9.29 Å². The van der Waals surface area contributed by atoms with Gasteiger partial charge in [-0.1, -0.05) is 49.7 Å². The van der Waals surface area contributed by atoms with Gasteiger partial charge in [0.2, 0.25) is 15.9 Å². The summed E-state index contributed by atoms with van der Waals surface area (Å²) in [7, 11) is -3.68. The Morgan fingerprint density at radius 2 is 1.82 bits per heavy atom. The van der Waals surface area contributed by atoms with Crippen LogP contribution in [0.5, 0.6) is 0 Å². The molecule has 1 N–H and O–H groups in total. The van der Waals surface area contributed by atoms with E-state index in [0.29, 0.717) is 18.7 Å². The average Bonchev–Trinajstić information content (AvgIpc) is 2.86. The van der Waals surface area contributed by atoms with Gasteiger partial charge in [0.15, 0.2) is 0 Å². The van der Waals surface area contributed by atoms with Gasteiger partial charge in [-0.2, -0.15) is 4.31 Å². The number of anilines is 1. The van der Waals surface area contributed by atoms with E-state index in [-0.39, 0.29) is 22.8 Å². The maximum absolute atomic E-state index is 13.5. The van der Waals surface area contributed by atoms with Crippen molar-refractivity contribution >= 4 is 21.6 Å². The van der Waals surface area contributed by atoms with Gasteiger partial charge >= 0.3 is 0 Å². The Morgan fingerprint density at radius 3 is 2.48 bits per heavy atom. The molecule has 1 saturated heterocycles. The summed E-state index contributed by atoms with van der Waals surface area (Å²) in [5, 5.41) is 2.93. The third kappa shape index (κ3) is 5.15. The fraction of sp³-hybridized carbons (Fsp3) is 0.308. The summed E-state index contributed by atoms with van der Waals surface area (Å²) in [5.41, 5.74) is 2.45. The molecule has 0 spiro atoms. The predicted octanol–water partition coefficient (Wildman–Crippen LogP) is 5.13. The third-order valence-electron chi connectivity index (χ3n) is 6.18. The smallest absolute Gasteiger partial charge is 0.243 e. The van der Waals surface area contributed by atoms with Crippen LogP contribution in [0.1, 0.15) is 55.7 Å². The molecular weight excluding hydrogens is 434 g/mol. The van der Waals surface area contributed by atoms with Crippen LogP contribution in [0.4, 0.5) is 5.69 Å². The Morgan fingerprint density at radius 1 is 1.06 bits per heavy atom. The van der Waals surface area contributed by atoms with E-state index in [0.717, 1.165) is 30.4 Å². The molecule has 1 aromatic heterocycles. The fourth-order valence-electron chi connectivity index (χ4n) is 4.43. The molecular formula is C26H29N3O3S. The maximum Gasteiger partial charge on any atom is 0.243 e. The van der Waals surface area contributed by atoms with Crippen LogP contribution >= 0.6 is 0 Å². The van der Waals surface area contributed by atoms with Crippen LogP contribution in [0.25, 0.3) is 0 Å². The first-order valence-electron chi connectivity index (χ1n) is 11.4. The second-order valence-electron chi connectivity index (χ2n) is 8.30. The lowest BCUT2D eigenvalue weighted by atomic mass is 9.95. The summed E-state index contributed by atoms with van der Waals surface area (Å²) in [6.07, 6.45) is 6.70. The fourth-order valence-corrected chi connectivity index (χ4v) is 6.11. The van der Waals surface area contributed by atoms with Crippen molar-refractivity contribution in [1.29, 1.82) is 0 Å². The van der Waals surface area contributed by atoms with Crippen LogP contribution in [0.3, 0.4) is 0 Å². The van der Waals surface area contributed by atoms with E-state index in [1.165, 1.54) is 0 Å². The Hall–Kier alpha value is -3.03. The molecule has 2 atom stereocenters. The van der Waals surface area contributed by atoms with E-state index < -0.39 is 10.0 Å². The van der Waals surface area contributed by atoms with E-state index >= 15 is 0 Å². The lowest BCUT2D eigenvalue weighted by Gasteiger charge is -2.34. The molecule has 0 aliphatic carbocycles. The number of pyridine rings is 1. The summed E-state index contributed by atoms with van der Waals surface area (Å²) >= 11 is 0. The molecule has 4 rings (SSSR count). The first kappa shape index (κ1) is 23.1. The number of carbonyl (C=O) groups excluding carboxylic acids is 1. The second kappa shape index (κ2) is 10.3. The second-order valence-corrected chi connectivity index (χ2v) is 10.2. The number of nitrogens with one attached hydrogen (secondary N) is 1. The molecule has 1 aliphatic heterocycles. The minimum atomic E-state index is -3.68. The molecule has 1 aliphatic rings. The SMILES string of the molecule is CCC(C(=O)Nc1ccc(S(=O)(=O)N2CCCCC2c2cccnc2)cc1)c1ccccc1. The van der Waals surface area contributed by atoms with Gasteiger partial charge in [-0.05, 0) is 60.7 Å². The summed E-state index contributed by atoms with van der Waals surface area (Å²) in [6.45, 7) is 2.46. The minimum Gasteiger partial charge on any atom is -0.326 e. The van der Waals surface area contributed by atoms with Crippen molar-refractivity contribution in [2.45, 2.75) is 49.5 Å². The quantitative estimate of drug-likeness (QED) is 0.527. The van der Waals surface area contributed by atoms with Crippen molar-refractivity contribution in [3.63, 3.8) is 0 Å². The molecule has 0 radical (unpaired) electrons. The lowest BCUT2D eigenvalue weighted by molar-refractivity contribution is -0.117. The molecule has 0 bridgehead atoms. The highest BCUT2D eigenvalue weighted by Crippen LogP contribution is 2.35. The summed E-state index contributed by atoms with van der Waals surface area (Å²) in [5.74, 6) is -0.366. The van der Waals surface area contributed by atoms with Crippen molar-refractivity contribution < 1.29 is 13.2 Å². The molecule has 1 fully saturated rings. The maximum atomic E-state index is 13.5. The Kier molecular flexibility index (Phi) is 7.20. The number of carbonyl (C=O) groups is 1. The first-order chi connectivity index (χ1) is 16.0. The van der Waals surface area contributed by atoms with Crippen molar-refractivity contribution in [2.75, 3.05) is 11.9 Å². The van der Waals surface area contributed by atoms with Gasteiger partial charge in [-0.25, -0.2) is 8.42 Å². The Labute approximate surface area is 195 Å². The van der Waals surface area contributed by atoms with Crippen LogP contribution in [-0.4, -0.2) is 30.2 Å². The molecule has 2 unspecified atom stereocenters. The van der Waals surface area contributed by atoms with Gasteiger partial charge in [0.1, 0.15) is 0 Å². The van der Waals surface area contributed by atoms with Gasteiger partial charge in [0.05, 0.1) is 16.9 Å². The summed E-state index contributed by atoms with van der Waals surface area (Å²) in [4.78, 5) is 17.2. The standard InChI is InChI=1S/C26H29N3O3S/c1-2-24(20-9-4-3-5-10-20)26(30)28-22-13-15-23(16-14-22)33(31,32)29-18-7-6-12-25(29)21-11-8-17-27-19-21/h3-5,8-11,13-17,19,24-25H,2,6-7,12,18H2,1H3,(H,28,30). The number of benzene rings is 2. The zero-order valence-corrected chi connectivity index (χ0v) is 19.5. The molecule has 2 aromatic carbocycles. The third-order valence-corrected chi connectivity index (χ3v) is 8.10. The average molecular weight is 464 g/mol. The number of hydrogen-bond donors (Lipinski definition) is 1. The van der Waals surface area contributed by atoms with Gasteiger partial charge < -0.3 is 5.32 Å². The number of hydrogen-bond acceptors (Lipinski definition) is 4. The monoisotopic (exact) mass is 463 g/mol. The van der Waals surface area contributed by atoms with Crippen molar-refractivity contribution in [2.24, 2.45) is 0 Å². The van der Waals surface area contributed by atoms with Gasteiger partial charge in [-0.3, -0.25) is 9.78 Å². The zero-order valence-electron chi connectivity index (χ0n) is 18.7. The van der Waals surface area contributed by atoms with Crippen molar-refractivity contribution in [3.05, 3.63) is 90.3 Å². The molecule has 33 heavy (non-hydrogen) atoms. The number of piperidine rings is 1. The van der Waals surface area contributed by atoms with Gasteiger partial charge in [0.25, 0.3) is 0 Å². The van der Waals surface area contributed by atoms with Crippen LogP contribution in [-0.2, 0) is 14.8 Å². The van der Waals surface area contributed by atoms with E-state index in [1.54, 1.807) is 41.0 Å². The molecule has 7 heteroatoms. The molecule has 6 nitrogen and oxygen atoms in total. The summed E-state index contributed by atoms with van der Waals surface area (Å²) < 4.78 is 28.5. The molecule has 2 heterocycles. The highest BCUT2D eigenvalue weighted by Gasteiger charge is 2.34. The van der Waals surface area contributed by atoms with E-state index in [4.69, 9.17) is 0 Å². The first-order valence-corrected chi connectivity index (χ1v) is 12.8. The summed E-state index contributed by atoms with van der Waals surface area (Å²) in [6, 6.07) is 19.7. The number of amides is 1. The van der Waals surface area contributed by atoms with E-state index in [2.05, 4.69) is 10.3 Å². The molecule has 1 amide bonds. The molecule has 3 aromatic rings. The number of rotatable bonds is 7. The van der Waals surface area contributed by atoms with Crippen molar-refractivity contribution in [3.8, 4) is 0 Å². The highest BCUT2D eigenvalue weighted by atomic mass is 32.2. The Balaban J connectivity index is 1.51. The number of sulfonamides is 1. The topological polar surface area (TPSA) is 79.4 Å². The molecule has 172 valence electrons.